The van der Waals surface area contributed by atoms with Crippen molar-refractivity contribution in [2.24, 2.45) is 0 Å². The Balaban J connectivity index is 1.48. The summed E-state index contributed by atoms with van der Waals surface area (Å²) in [6.07, 6.45) is 0. The number of halogens is 1. The lowest BCUT2D eigenvalue weighted by atomic mass is 10.1. The smallest absolute Gasteiger partial charge is 0.226 e. The van der Waals surface area contributed by atoms with E-state index < -0.39 is 0 Å². The van der Waals surface area contributed by atoms with E-state index in [2.05, 4.69) is 17.9 Å². The topological polar surface area (TPSA) is 51.2 Å². The van der Waals surface area contributed by atoms with Crippen LogP contribution in [0.1, 0.15) is 20.1 Å². The van der Waals surface area contributed by atoms with Crippen LogP contribution in [0.25, 0.3) is 11.3 Å². The highest BCUT2D eigenvalue weighted by atomic mass is 35.5. The number of benzene rings is 2. The van der Waals surface area contributed by atoms with Crippen molar-refractivity contribution in [1.29, 1.82) is 0 Å². The first-order chi connectivity index (χ1) is 14.4. The Morgan fingerprint density at radius 3 is 2.30 bits per heavy atom. The molecule has 0 aliphatic rings. The molecule has 0 fully saturated rings. The summed E-state index contributed by atoms with van der Waals surface area (Å²) < 4.78 is 5.82. The molecule has 152 valence electrons. The van der Waals surface area contributed by atoms with Crippen LogP contribution in [0.15, 0.2) is 53.9 Å². The van der Waals surface area contributed by atoms with E-state index in [-0.39, 0.29) is 5.12 Å². The summed E-state index contributed by atoms with van der Waals surface area (Å²) in [5.74, 6) is 1.46. The molecule has 4 nitrogen and oxygen atoms in total. The Morgan fingerprint density at radius 2 is 1.70 bits per heavy atom. The van der Waals surface area contributed by atoms with E-state index in [1.165, 1.54) is 22.7 Å². The largest absolute Gasteiger partial charge is 0.457 e. The molecule has 2 aromatic carbocycles. The maximum Gasteiger partial charge on any atom is 0.226 e. The van der Waals surface area contributed by atoms with Crippen molar-refractivity contribution < 1.29 is 9.53 Å². The minimum absolute atomic E-state index is 0.207. The zero-order valence-corrected chi connectivity index (χ0v) is 19.4. The van der Waals surface area contributed by atoms with Crippen molar-refractivity contribution in [3.05, 3.63) is 74.3 Å². The van der Waals surface area contributed by atoms with Crippen molar-refractivity contribution in [3.8, 4) is 22.8 Å². The molecule has 2 aromatic heterocycles. The van der Waals surface area contributed by atoms with E-state index in [1.807, 2.05) is 55.6 Å². The number of thiol groups is 1. The molecule has 0 radical (unpaired) electrons. The van der Waals surface area contributed by atoms with Crippen LogP contribution in [0.5, 0.6) is 11.5 Å². The molecule has 0 saturated heterocycles. The molecule has 0 unspecified atom stereocenters. The van der Waals surface area contributed by atoms with E-state index in [0.29, 0.717) is 9.90 Å². The average molecular weight is 473 g/mol. The normalized spacial score (nSPS) is 10.8. The predicted molar refractivity (Wildman–Crippen MR) is 129 cm³/mol. The van der Waals surface area contributed by atoms with Crippen molar-refractivity contribution in [1.82, 2.24) is 4.98 Å². The molecule has 0 atom stereocenters. The first-order valence-corrected chi connectivity index (χ1v) is 11.5. The molecule has 0 saturated carbocycles. The molecule has 8 heteroatoms. The predicted octanol–water partition coefficient (Wildman–Crippen LogP) is 7.75. The number of carbonyl (C=O) groups excluding carboxylic acids is 1. The Bertz CT molecular complexity index is 1200. The minimum atomic E-state index is -0.207. The van der Waals surface area contributed by atoms with Crippen LogP contribution in [-0.2, 0) is 0 Å². The number of rotatable bonds is 6. The summed E-state index contributed by atoms with van der Waals surface area (Å²) in [6.45, 7) is 3.94. The van der Waals surface area contributed by atoms with Gasteiger partial charge in [0.15, 0.2) is 5.13 Å². The summed E-state index contributed by atoms with van der Waals surface area (Å²) in [7, 11) is 0. The van der Waals surface area contributed by atoms with Crippen LogP contribution < -0.4 is 10.1 Å². The Kier molecular flexibility index (Phi) is 6.15. The molecule has 30 heavy (non-hydrogen) atoms. The van der Waals surface area contributed by atoms with Crippen molar-refractivity contribution in [3.63, 3.8) is 0 Å². The number of nitrogens with zero attached hydrogens (tertiary/aromatic N) is 1. The number of aryl methyl sites for hydroxylation is 1. The quantitative estimate of drug-likeness (QED) is 0.282. The number of hydrogen-bond acceptors (Lipinski definition) is 6. The molecule has 0 spiro atoms. The third kappa shape index (κ3) is 4.54. The SMILES string of the molecule is Cc1sc(C(=O)S)c(C)c1-c1csc(Nc2ccc(Oc3ccc(Cl)cc3)cc2)n1. The molecule has 4 aromatic rings. The zero-order valence-electron chi connectivity index (χ0n) is 16.1. The Hall–Kier alpha value is -2.32. The summed E-state index contributed by atoms with van der Waals surface area (Å²) in [5.41, 5.74) is 3.70. The fourth-order valence-electron chi connectivity index (χ4n) is 3.05. The van der Waals surface area contributed by atoms with Gasteiger partial charge in [-0.05, 0) is 67.9 Å². The number of nitrogens with one attached hydrogen (secondary N) is 1. The standard InChI is InChI=1S/C22H17ClN2O2S3/c1-12-19(13(2)30-20(12)21(26)28)18-11-29-22(25-18)24-15-5-9-17(10-6-15)27-16-7-3-14(23)4-8-16/h3-11H,1-2H3,(H,24,25)(H,26,28). The lowest BCUT2D eigenvalue weighted by Gasteiger charge is -2.07. The van der Waals surface area contributed by atoms with Gasteiger partial charge in [0, 0.05) is 26.5 Å². The molecule has 2 heterocycles. The van der Waals surface area contributed by atoms with Gasteiger partial charge in [-0.15, -0.1) is 22.7 Å². The van der Waals surface area contributed by atoms with Gasteiger partial charge < -0.3 is 10.1 Å². The summed E-state index contributed by atoms with van der Waals surface area (Å²) >= 11 is 12.8. The van der Waals surface area contributed by atoms with Gasteiger partial charge in [-0.1, -0.05) is 24.2 Å². The molecule has 4 rings (SSSR count). The van der Waals surface area contributed by atoms with E-state index >= 15 is 0 Å². The third-order valence-electron chi connectivity index (χ3n) is 4.43. The summed E-state index contributed by atoms with van der Waals surface area (Å²) in [4.78, 5) is 18.1. The van der Waals surface area contributed by atoms with Crippen LogP contribution in [0.4, 0.5) is 10.8 Å². The summed E-state index contributed by atoms with van der Waals surface area (Å²) in [5, 5.41) is 6.56. The first kappa shape index (κ1) is 20.9. The first-order valence-electron chi connectivity index (χ1n) is 9.00. The lowest BCUT2D eigenvalue weighted by molar-refractivity contribution is 0.109. The third-order valence-corrected chi connectivity index (χ3v) is 7.02. The number of anilines is 2. The Labute approximate surface area is 192 Å². The van der Waals surface area contributed by atoms with Crippen LogP contribution in [-0.4, -0.2) is 10.1 Å². The van der Waals surface area contributed by atoms with Gasteiger partial charge in [-0.2, -0.15) is 0 Å². The number of thiazole rings is 1. The monoisotopic (exact) mass is 472 g/mol. The van der Waals surface area contributed by atoms with Crippen molar-refractivity contribution in [2.45, 2.75) is 13.8 Å². The molecule has 0 bridgehead atoms. The molecular formula is C22H17ClN2O2S3. The molecule has 1 N–H and O–H groups in total. The van der Waals surface area contributed by atoms with Crippen LogP contribution >= 0.6 is 46.9 Å². The number of ether oxygens (including phenoxy) is 1. The van der Waals surface area contributed by atoms with Crippen molar-refractivity contribution in [2.75, 3.05) is 5.32 Å². The number of hydrogen-bond donors (Lipinski definition) is 2. The lowest BCUT2D eigenvalue weighted by Crippen LogP contribution is -1.91. The second-order valence-corrected chi connectivity index (χ2v) is 9.46. The maximum atomic E-state index is 11.7. The van der Waals surface area contributed by atoms with Gasteiger partial charge in [0.2, 0.25) is 5.12 Å². The zero-order chi connectivity index (χ0) is 21.3. The van der Waals surface area contributed by atoms with E-state index in [4.69, 9.17) is 21.3 Å². The summed E-state index contributed by atoms with van der Waals surface area (Å²) in [6, 6.07) is 14.9. The highest BCUT2D eigenvalue weighted by Crippen LogP contribution is 2.38. The fraction of sp³-hybridized carbons (Fsp3) is 0.0909. The highest BCUT2D eigenvalue weighted by molar-refractivity contribution is 7.97. The van der Waals surface area contributed by atoms with E-state index in [0.717, 1.165) is 44.0 Å². The Morgan fingerprint density at radius 1 is 1.07 bits per heavy atom. The van der Waals surface area contributed by atoms with Crippen molar-refractivity contribution >= 4 is 62.8 Å². The molecular weight excluding hydrogens is 456 g/mol. The fourth-order valence-corrected chi connectivity index (χ4v) is 5.21. The molecule has 0 amide bonds. The van der Waals surface area contributed by atoms with Gasteiger partial charge in [0.25, 0.3) is 0 Å². The van der Waals surface area contributed by atoms with Gasteiger partial charge in [0.05, 0.1) is 10.6 Å². The van der Waals surface area contributed by atoms with Gasteiger partial charge in [0.1, 0.15) is 11.5 Å². The number of carbonyl (C=O) groups is 1. The molecule has 0 aliphatic heterocycles. The van der Waals surface area contributed by atoms with Crippen LogP contribution in [0.3, 0.4) is 0 Å². The van der Waals surface area contributed by atoms with Gasteiger partial charge in [-0.25, -0.2) is 4.98 Å². The van der Waals surface area contributed by atoms with E-state index in [1.54, 1.807) is 12.1 Å². The number of aromatic nitrogens is 1. The highest BCUT2D eigenvalue weighted by Gasteiger charge is 2.19. The van der Waals surface area contributed by atoms with Gasteiger partial charge in [-0.3, -0.25) is 4.79 Å². The van der Waals surface area contributed by atoms with Gasteiger partial charge >= 0.3 is 0 Å². The average Bonchev–Trinajstić information content (AvgIpc) is 3.28. The van der Waals surface area contributed by atoms with E-state index in [9.17, 15) is 4.79 Å². The second kappa shape index (κ2) is 8.81. The van der Waals surface area contributed by atoms with Crippen LogP contribution in [0.2, 0.25) is 5.02 Å². The second-order valence-electron chi connectivity index (χ2n) is 6.54. The maximum absolute atomic E-state index is 11.7. The molecule has 0 aliphatic carbocycles. The number of thiophene rings is 1. The van der Waals surface area contributed by atoms with Crippen LogP contribution in [0, 0.1) is 13.8 Å². The minimum Gasteiger partial charge on any atom is -0.457 e.